The summed E-state index contributed by atoms with van der Waals surface area (Å²) in [4.78, 5) is 12.2. The van der Waals surface area contributed by atoms with Gasteiger partial charge in [0, 0.05) is 18.2 Å². The highest BCUT2D eigenvalue weighted by Gasteiger charge is 2.20. The minimum atomic E-state index is -0.0638. The maximum Gasteiger partial charge on any atom is 0.251 e. The zero-order valence-corrected chi connectivity index (χ0v) is 13.4. The minimum Gasteiger partial charge on any atom is -0.486 e. The Bertz CT molecular complexity index is 524. The summed E-state index contributed by atoms with van der Waals surface area (Å²) in [5, 5.41) is 3.01. The molecule has 3 rings (SSSR count). The van der Waals surface area contributed by atoms with E-state index in [2.05, 4.69) is 5.32 Å². The van der Waals surface area contributed by atoms with Crippen LogP contribution in [0.4, 0.5) is 0 Å². The molecule has 1 heterocycles. The maximum atomic E-state index is 12.2. The molecule has 6 heteroatoms. The lowest BCUT2D eigenvalue weighted by molar-refractivity contribution is 0.0941. The van der Waals surface area contributed by atoms with Crippen LogP contribution in [0.5, 0.6) is 11.5 Å². The summed E-state index contributed by atoms with van der Waals surface area (Å²) in [5.41, 5.74) is 6.59. The molecule has 3 N–H and O–H groups in total. The molecule has 1 fully saturated rings. The third kappa shape index (κ3) is 4.05. The van der Waals surface area contributed by atoms with Crippen LogP contribution in [0.2, 0.25) is 0 Å². The largest absolute Gasteiger partial charge is 0.486 e. The molecule has 1 aliphatic heterocycles. The van der Waals surface area contributed by atoms with Crippen LogP contribution >= 0.6 is 12.4 Å². The molecule has 1 aromatic carbocycles. The summed E-state index contributed by atoms with van der Waals surface area (Å²) in [6, 6.07) is 5.60. The first-order valence-corrected chi connectivity index (χ1v) is 7.66. The van der Waals surface area contributed by atoms with Crippen LogP contribution in [0.1, 0.15) is 36.0 Å². The van der Waals surface area contributed by atoms with Crippen molar-refractivity contribution in [3.05, 3.63) is 23.8 Å². The van der Waals surface area contributed by atoms with Crippen molar-refractivity contribution in [2.24, 2.45) is 11.7 Å². The summed E-state index contributed by atoms with van der Waals surface area (Å²) in [5.74, 6) is 1.78. The molecule has 22 heavy (non-hydrogen) atoms. The van der Waals surface area contributed by atoms with E-state index < -0.39 is 0 Å². The number of rotatable bonds is 3. The average molecular weight is 327 g/mol. The third-order valence-electron chi connectivity index (χ3n) is 4.18. The van der Waals surface area contributed by atoms with Crippen molar-refractivity contribution >= 4 is 18.3 Å². The molecule has 0 bridgehead atoms. The summed E-state index contributed by atoms with van der Waals surface area (Å²) < 4.78 is 11.0. The van der Waals surface area contributed by atoms with Crippen molar-refractivity contribution in [1.29, 1.82) is 0 Å². The first kappa shape index (κ1) is 16.9. The number of amides is 1. The van der Waals surface area contributed by atoms with Gasteiger partial charge in [-0.3, -0.25) is 4.79 Å². The van der Waals surface area contributed by atoms with Gasteiger partial charge in [0.05, 0.1) is 0 Å². The topological polar surface area (TPSA) is 73.6 Å². The normalized spacial score (nSPS) is 23.3. The van der Waals surface area contributed by atoms with Gasteiger partial charge in [-0.05, 0) is 43.4 Å². The zero-order chi connectivity index (χ0) is 14.7. The highest BCUT2D eigenvalue weighted by molar-refractivity contribution is 5.94. The molecule has 2 aliphatic rings. The Morgan fingerprint density at radius 2 is 2.00 bits per heavy atom. The van der Waals surface area contributed by atoms with Crippen molar-refractivity contribution in [3.8, 4) is 11.5 Å². The Morgan fingerprint density at radius 3 is 2.77 bits per heavy atom. The molecule has 0 spiro atoms. The number of benzene rings is 1. The average Bonchev–Trinajstić information content (AvgIpc) is 2.52. The van der Waals surface area contributed by atoms with Gasteiger partial charge < -0.3 is 20.5 Å². The molecular formula is C16H23ClN2O3. The maximum absolute atomic E-state index is 12.2. The molecule has 2 atom stereocenters. The van der Waals surface area contributed by atoms with E-state index in [1.54, 1.807) is 18.2 Å². The predicted octanol–water partition coefficient (Wildman–Crippen LogP) is 2.13. The van der Waals surface area contributed by atoms with Gasteiger partial charge in [-0.1, -0.05) is 6.42 Å². The van der Waals surface area contributed by atoms with E-state index in [-0.39, 0.29) is 24.4 Å². The van der Waals surface area contributed by atoms with Crippen molar-refractivity contribution in [1.82, 2.24) is 5.32 Å². The number of fused-ring (bicyclic) bond motifs is 1. The summed E-state index contributed by atoms with van der Waals surface area (Å²) >= 11 is 0. The van der Waals surface area contributed by atoms with Gasteiger partial charge in [0.25, 0.3) is 5.91 Å². The molecule has 2 unspecified atom stereocenters. The molecule has 1 saturated carbocycles. The van der Waals surface area contributed by atoms with E-state index in [9.17, 15) is 4.79 Å². The van der Waals surface area contributed by atoms with Gasteiger partial charge >= 0.3 is 0 Å². The number of carbonyl (C=O) groups excluding carboxylic acids is 1. The van der Waals surface area contributed by atoms with Crippen molar-refractivity contribution in [2.45, 2.75) is 31.7 Å². The lowest BCUT2D eigenvalue weighted by atomic mass is 9.86. The zero-order valence-electron chi connectivity index (χ0n) is 12.5. The SMILES string of the molecule is Cl.NC1CCCC(CNC(=O)c2ccc3c(c2)OCCO3)C1. The fourth-order valence-corrected chi connectivity index (χ4v) is 3.04. The lowest BCUT2D eigenvalue weighted by Crippen LogP contribution is -2.35. The van der Waals surface area contributed by atoms with E-state index in [4.69, 9.17) is 15.2 Å². The number of carbonyl (C=O) groups is 1. The van der Waals surface area contributed by atoms with Gasteiger partial charge in [0.15, 0.2) is 11.5 Å². The van der Waals surface area contributed by atoms with E-state index in [1.807, 2.05) is 0 Å². The smallest absolute Gasteiger partial charge is 0.251 e. The molecule has 0 saturated heterocycles. The number of ether oxygens (including phenoxy) is 2. The lowest BCUT2D eigenvalue weighted by Gasteiger charge is -2.26. The van der Waals surface area contributed by atoms with Gasteiger partial charge in [-0.25, -0.2) is 0 Å². The van der Waals surface area contributed by atoms with E-state index >= 15 is 0 Å². The molecule has 1 aliphatic carbocycles. The predicted molar refractivity (Wildman–Crippen MR) is 86.9 cm³/mol. The minimum absolute atomic E-state index is 0. The van der Waals surface area contributed by atoms with Gasteiger partial charge in [-0.2, -0.15) is 0 Å². The fraction of sp³-hybridized carbons (Fsp3) is 0.562. The fourth-order valence-electron chi connectivity index (χ4n) is 3.04. The van der Waals surface area contributed by atoms with Crippen LogP contribution in [0.25, 0.3) is 0 Å². The van der Waals surface area contributed by atoms with Gasteiger partial charge in [0.1, 0.15) is 13.2 Å². The van der Waals surface area contributed by atoms with Crippen molar-refractivity contribution < 1.29 is 14.3 Å². The van der Waals surface area contributed by atoms with Crippen LogP contribution in [0, 0.1) is 5.92 Å². The molecular weight excluding hydrogens is 304 g/mol. The number of halogens is 1. The monoisotopic (exact) mass is 326 g/mol. The number of hydrogen-bond acceptors (Lipinski definition) is 4. The van der Waals surface area contributed by atoms with E-state index in [1.165, 1.54) is 0 Å². The highest BCUT2D eigenvalue weighted by Crippen LogP contribution is 2.30. The van der Waals surface area contributed by atoms with Crippen LogP contribution in [0.15, 0.2) is 18.2 Å². The second kappa shape index (κ2) is 7.70. The number of nitrogens with two attached hydrogens (primary N) is 1. The summed E-state index contributed by atoms with van der Waals surface area (Å²) in [6.45, 7) is 1.78. The third-order valence-corrected chi connectivity index (χ3v) is 4.18. The molecule has 122 valence electrons. The number of hydrogen-bond donors (Lipinski definition) is 2. The quantitative estimate of drug-likeness (QED) is 0.892. The summed E-state index contributed by atoms with van der Waals surface area (Å²) in [6.07, 6.45) is 4.41. The van der Waals surface area contributed by atoms with E-state index in [0.29, 0.717) is 42.7 Å². The Balaban J connectivity index is 0.00000176. The highest BCUT2D eigenvalue weighted by atomic mass is 35.5. The standard InChI is InChI=1S/C16H22N2O3.ClH/c17-13-3-1-2-11(8-13)10-18-16(19)12-4-5-14-15(9-12)21-7-6-20-14;/h4-5,9,11,13H,1-3,6-8,10,17H2,(H,18,19);1H. The Hall–Kier alpha value is -1.46. The van der Waals surface area contributed by atoms with Crippen molar-refractivity contribution in [2.75, 3.05) is 19.8 Å². The first-order valence-electron chi connectivity index (χ1n) is 7.66. The second-order valence-electron chi connectivity index (χ2n) is 5.86. The number of nitrogens with one attached hydrogen (secondary N) is 1. The molecule has 0 aromatic heterocycles. The second-order valence-corrected chi connectivity index (χ2v) is 5.86. The molecule has 1 aromatic rings. The van der Waals surface area contributed by atoms with Crippen molar-refractivity contribution in [3.63, 3.8) is 0 Å². The Kier molecular flexibility index (Phi) is 5.91. The molecule has 0 radical (unpaired) electrons. The Labute approximate surface area is 137 Å². The van der Waals surface area contributed by atoms with Crippen LogP contribution in [-0.4, -0.2) is 31.7 Å². The van der Waals surface area contributed by atoms with Gasteiger partial charge in [0.2, 0.25) is 0 Å². The van der Waals surface area contributed by atoms with E-state index in [0.717, 1.165) is 25.7 Å². The molecule has 1 amide bonds. The summed E-state index contributed by atoms with van der Waals surface area (Å²) in [7, 11) is 0. The van der Waals surface area contributed by atoms with Crippen LogP contribution in [0.3, 0.4) is 0 Å². The van der Waals surface area contributed by atoms with Crippen LogP contribution in [-0.2, 0) is 0 Å². The first-order chi connectivity index (χ1) is 10.2. The van der Waals surface area contributed by atoms with Gasteiger partial charge in [-0.15, -0.1) is 12.4 Å². The molecule has 5 nitrogen and oxygen atoms in total. The Morgan fingerprint density at radius 1 is 1.23 bits per heavy atom. The van der Waals surface area contributed by atoms with Crippen LogP contribution < -0.4 is 20.5 Å².